The summed E-state index contributed by atoms with van der Waals surface area (Å²) in [5.74, 6) is -0.799. The Bertz CT molecular complexity index is 1060. The standard InChI is InChI=1S/C28H32N2O5/c31-25(32)15-24(27(33)30-26(18-13-14-18)17-7-1-2-8-17)29-28(34)35-16-23-21-11-5-3-9-19(21)20-10-4-6-12-22(20)23/h3-6,9-12,17-18,23-24,26H,1-2,7-8,13-16H2,(H,29,34)(H,30,33)(H,31,32). The highest BCUT2D eigenvalue weighted by molar-refractivity contribution is 5.89. The lowest BCUT2D eigenvalue weighted by molar-refractivity contribution is -0.140. The summed E-state index contributed by atoms with van der Waals surface area (Å²) in [5.41, 5.74) is 4.42. The molecule has 2 atom stereocenters. The number of nitrogens with one attached hydrogen (secondary N) is 2. The Hall–Kier alpha value is -3.35. The van der Waals surface area contributed by atoms with E-state index in [-0.39, 0.29) is 18.6 Å². The van der Waals surface area contributed by atoms with Gasteiger partial charge in [0.2, 0.25) is 5.91 Å². The fourth-order valence-electron chi connectivity index (χ4n) is 5.82. The zero-order valence-corrected chi connectivity index (χ0v) is 19.7. The molecular weight excluding hydrogens is 444 g/mol. The van der Waals surface area contributed by atoms with E-state index in [0.717, 1.165) is 47.9 Å². The monoisotopic (exact) mass is 476 g/mol. The van der Waals surface area contributed by atoms with Crippen LogP contribution in [0.15, 0.2) is 48.5 Å². The van der Waals surface area contributed by atoms with Crippen molar-refractivity contribution in [3.05, 3.63) is 59.7 Å². The summed E-state index contributed by atoms with van der Waals surface area (Å²) < 4.78 is 5.54. The molecular formula is C28H32N2O5. The maximum Gasteiger partial charge on any atom is 0.407 e. The van der Waals surface area contributed by atoms with E-state index in [1.165, 1.54) is 12.8 Å². The number of ether oxygens (including phenoxy) is 1. The number of hydrogen-bond acceptors (Lipinski definition) is 4. The van der Waals surface area contributed by atoms with Crippen LogP contribution in [0, 0.1) is 11.8 Å². The van der Waals surface area contributed by atoms with E-state index in [9.17, 15) is 19.5 Å². The summed E-state index contributed by atoms with van der Waals surface area (Å²) in [5, 5.41) is 15.0. The highest BCUT2D eigenvalue weighted by atomic mass is 16.5. The Balaban J connectivity index is 1.23. The predicted octanol–water partition coefficient (Wildman–Crippen LogP) is 4.45. The van der Waals surface area contributed by atoms with Gasteiger partial charge in [-0.3, -0.25) is 9.59 Å². The van der Waals surface area contributed by atoms with Gasteiger partial charge in [-0.2, -0.15) is 0 Å². The molecule has 7 nitrogen and oxygen atoms in total. The fourth-order valence-corrected chi connectivity index (χ4v) is 5.82. The number of carboxylic acids is 1. The number of benzene rings is 2. The number of carbonyl (C=O) groups excluding carboxylic acids is 2. The van der Waals surface area contributed by atoms with Crippen LogP contribution in [0.5, 0.6) is 0 Å². The minimum atomic E-state index is -1.18. The zero-order valence-electron chi connectivity index (χ0n) is 19.7. The Labute approximate surface area is 205 Å². The van der Waals surface area contributed by atoms with Crippen molar-refractivity contribution in [3.8, 4) is 11.1 Å². The summed E-state index contributed by atoms with van der Waals surface area (Å²) in [6.45, 7) is 0.105. The second-order valence-corrected chi connectivity index (χ2v) is 10.0. The molecule has 184 valence electrons. The van der Waals surface area contributed by atoms with Crippen molar-refractivity contribution in [2.24, 2.45) is 11.8 Å². The first-order chi connectivity index (χ1) is 17.0. The Kier molecular flexibility index (Phi) is 6.75. The third-order valence-corrected chi connectivity index (χ3v) is 7.68. The maximum atomic E-state index is 13.1. The van der Waals surface area contributed by atoms with Gasteiger partial charge >= 0.3 is 12.1 Å². The van der Waals surface area contributed by atoms with Crippen LogP contribution < -0.4 is 10.6 Å². The minimum Gasteiger partial charge on any atom is -0.481 e. The molecule has 2 aromatic rings. The van der Waals surface area contributed by atoms with Crippen molar-refractivity contribution < 1.29 is 24.2 Å². The summed E-state index contributed by atoms with van der Waals surface area (Å²) in [6, 6.07) is 15.0. The number of rotatable bonds is 9. The SMILES string of the molecule is O=C(O)CC(NC(=O)OCC1c2ccccc2-c2ccccc21)C(=O)NC(C1CCCC1)C1CC1. The van der Waals surface area contributed by atoms with E-state index in [1.54, 1.807) is 0 Å². The van der Waals surface area contributed by atoms with Gasteiger partial charge in [0, 0.05) is 12.0 Å². The summed E-state index contributed by atoms with van der Waals surface area (Å²) >= 11 is 0. The largest absolute Gasteiger partial charge is 0.481 e. The molecule has 3 N–H and O–H groups in total. The van der Waals surface area contributed by atoms with Crippen LogP contribution in [0.1, 0.15) is 62.0 Å². The second kappa shape index (κ2) is 10.1. The molecule has 2 aromatic carbocycles. The van der Waals surface area contributed by atoms with Crippen LogP contribution in [0.2, 0.25) is 0 Å². The van der Waals surface area contributed by atoms with Crippen molar-refractivity contribution in [1.82, 2.24) is 10.6 Å². The molecule has 0 radical (unpaired) electrons. The van der Waals surface area contributed by atoms with E-state index in [0.29, 0.717) is 11.8 Å². The zero-order chi connectivity index (χ0) is 24.4. The van der Waals surface area contributed by atoms with Crippen LogP contribution in [-0.2, 0) is 14.3 Å². The van der Waals surface area contributed by atoms with Crippen LogP contribution in [0.25, 0.3) is 11.1 Å². The first-order valence-electron chi connectivity index (χ1n) is 12.6. The third-order valence-electron chi connectivity index (χ3n) is 7.68. The van der Waals surface area contributed by atoms with Gasteiger partial charge < -0.3 is 20.5 Å². The molecule has 35 heavy (non-hydrogen) atoms. The van der Waals surface area contributed by atoms with E-state index in [4.69, 9.17) is 4.74 Å². The summed E-state index contributed by atoms with van der Waals surface area (Å²) in [6.07, 6.45) is 5.42. The molecule has 3 aliphatic carbocycles. The minimum absolute atomic E-state index is 0.0607. The van der Waals surface area contributed by atoms with Gasteiger partial charge in [-0.05, 0) is 59.8 Å². The molecule has 0 aliphatic heterocycles. The van der Waals surface area contributed by atoms with E-state index >= 15 is 0 Å². The van der Waals surface area contributed by atoms with Gasteiger partial charge in [-0.25, -0.2) is 4.79 Å². The molecule has 2 fully saturated rings. The smallest absolute Gasteiger partial charge is 0.407 e. The van der Waals surface area contributed by atoms with Gasteiger partial charge in [0.1, 0.15) is 12.6 Å². The lowest BCUT2D eigenvalue weighted by Gasteiger charge is -2.27. The molecule has 0 bridgehead atoms. The van der Waals surface area contributed by atoms with Crippen molar-refractivity contribution in [1.29, 1.82) is 0 Å². The molecule has 5 rings (SSSR count). The summed E-state index contributed by atoms with van der Waals surface area (Å²) in [7, 11) is 0. The third kappa shape index (κ3) is 5.19. The Morgan fingerprint density at radius 2 is 1.43 bits per heavy atom. The van der Waals surface area contributed by atoms with Crippen molar-refractivity contribution in [3.63, 3.8) is 0 Å². The lowest BCUT2D eigenvalue weighted by atomic mass is 9.93. The number of amides is 2. The predicted molar refractivity (Wildman–Crippen MR) is 131 cm³/mol. The highest BCUT2D eigenvalue weighted by Crippen LogP contribution is 2.44. The van der Waals surface area contributed by atoms with Crippen LogP contribution >= 0.6 is 0 Å². The van der Waals surface area contributed by atoms with E-state index in [2.05, 4.69) is 22.8 Å². The van der Waals surface area contributed by atoms with Crippen molar-refractivity contribution in [2.45, 2.75) is 62.9 Å². The van der Waals surface area contributed by atoms with E-state index < -0.39 is 30.4 Å². The topological polar surface area (TPSA) is 105 Å². The summed E-state index contributed by atoms with van der Waals surface area (Å²) in [4.78, 5) is 37.2. The van der Waals surface area contributed by atoms with Crippen LogP contribution in [0.3, 0.4) is 0 Å². The first kappa shape index (κ1) is 23.4. The lowest BCUT2D eigenvalue weighted by Crippen LogP contribution is -2.52. The van der Waals surface area contributed by atoms with Gasteiger partial charge in [0.25, 0.3) is 0 Å². The second-order valence-electron chi connectivity index (χ2n) is 10.0. The van der Waals surface area contributed by atoms with Crippen molar-refractivity contribution >= 4 is 18.0 Å². The molecule has 2 saturated carbocycles. The molecule has 0 saturated heterocycles. The molecule has 2 unspecified atom stereocenters. The van der Waals surface area contributed by atoms with E-state index in [1.807, 2.05) is 36.4 Å². The normalized spacial score (nSPS) is 18.9. The molecule has 2 amide bonds. The maximum absolute atomic E-state index is 13.1. The quantitative estimate of drug-likeness (QED) is 0.496. The number of carboxylic acid groups (broad SMARTS) is 1. The Morgan fingerprint density at radius 3 is 2.00 bits per heavy atom. The fraction of sp³-hybridized carbons (Fsp3) is 0.464. The highest BCUT2D eigenvalue weighted by Gasteiger charge is 2.40. The Morgan fingerprint density at radius 1 is 0.857 bits per heavy atom. The molecule has 0 aromatic heterocycles. The average Bonchev–Trinajstić information content (AvgIpc) is 3.44. The van der Waals surface area contributed by atoms with Crippen LogP contribution in [0.4, 0.5) is 4.79 Å². The number of hydrogen-bond donors (Lipinski definition) is 3. The number of carbonyl (C=O) groups is 3. The van der Waals surface area contributed by atoms with Crippen LogP contribution in [-0.4, -0.2) is 41.8 Å². The van der Waals surface area contributed by atoms with Gasteiger partial charge in [0.15, 0.2) is 0 Å². The number of aliphatic carboxylic acids is 1. The van der Waals surface area contributed by atoms with Gasteiger partial charge in [-0.15, -0.1) is 0 Å². The van der Waals surface area contributed by atoms with Crippen molar-refractivity contribution in [2.75, 3.05) is 6.61 Å². The molecule has 0 heterocycles. The van der Waals surface area contributed by atoms with Gasteiger partial charge in [-0.1, -0.05) is 61.4 Å². The first-order valence-corrected chi connectivity index (χ1v) is 12.6. The molecule has 3 aliphatic rings. The number of alkyl carbamates (subject to hydrolysis) is 1. The van der Waals surface area contributed by atoms with Gasteiger partial charge in [0.05, 0.1) is 6.42 Å². The molecule has 0 spiro atoms. The molecule has 7 heteroatoms. The number of fused-ring (bicyclic) bond motifs is 3. The average molecular weight is 477 g/mol.